The van der Waals surface area contributed by atoms with E-state index in [1.165, 1.54) is 12.7 Å². The summed E-state index contributed by atoms with van der Waals surface area (Å²) in [6, 6.07) is 20.6. The molecule has 1 aromatic heterocycles. The number of anilines is 2. The molecular weight excluding hydrogens is 366 g/mol. The van der Waals surface area contributed by atoms with Gasteiger partial charge in [-0.3, -0.25) is 4.79 Å². The van der Waals surface area contributed by atoms with E-state index in [9.17, 15) is 9.59 Å². The van der Waals surface area contributed by atoms with Gasteiger partial charge in [0.25, 0.3) is 5.91 Å². The van der Waals surface area contributed by atoms with Gasteiger partial charge in [-0.2, -0.15) is 0 Å². The molecule has 0 saturated heterocycles. The molecule has 29 heavy (non-hydrogen) atoms. The second-order valence-corrected chi connectivity index (χ2v) is 6.47. The van der Waals surface area contributed by atoms with Gasteiger partial charge in [-0.1, -0.05) is 30.3 Å². The number of hydrogen-bond donors (Lipinski definition) is 2. The summed E-state index contributed by atoms with van der Waals surface area (Å²) in [4.78, 5) is 27.9. The lowest BCUT2D eigenvalue weighted by Crippen LogP contribution is -2.25. The average molecular weight is 389 g/mol. The molecule has 6 nitrogen and oxygen atoms in total. The van der Waals surface area contributed by atoms with E-state index in [1.807, 2.05) is 18.2 Å². The Hall–Kier alpha value is -3.67. The summed E-state index contributed by atoms with van der Waals surface area (Å²) in [6.07, 6.45) is 3.40. The maximum atomic E-state index is 12.2. The van der Waals surface area contributed by atoms with Crippen molar-refractivity contribution in [1.29, 1.82) is 0 Å². The van der Waals surface area contributed by atoms with Crippen molar-refractivity contribution >= 4 is 23.3 Å². The van der Waals surface area contributed by atoms with Crippen LogP contribution < -0.4 is 10.6 Å². The lowest BCUT2D eigenvalue weighted by Gasteiger charge is -2.08. The van der Waals surface area contributed by atoms with E-state index in [-0.39, 0.29) is 11.9 Å². The number of carbonyl (C=O) groups is 2. The fourth-order valence-electron chi connectivity index (χ4n) is 2.81. The number of amides is 1. The first-order valence-corrected chi connectivity index (χ1v) is 9.39. The Morgan fingerprint density at radius 3 is 2.31 bits per heavy atom. The molecule has 148 valence electrons. The second kappa shape index (κ2) is 10.0. The molecule has 2 aromatic carbocycles. The number of benzene rings is 2. The van der Waals surface area contributed by atoms with Gasteiger partial charge in [0.1, 0.15) is 5.69 Å². The Morgan fingerprint density at radius 2 is 1.66 bits per heavy atom. The van der Waals surface area contributed by atoms with Crippen LogP contribution in [-0.2, 0) is 11.2 Å². The van der Waals surface area contributed by atoms with Gasteiger partial charge in [0, 0.05) is 12.2 Å². The third-order valence-electron chi connectivity index (χ3n) is 4.36. The van der Waals surface area contributed by atoms with Crippen LogP contribution in [0.4, 0.5) is 11.4 Å². The predicted octanol–water partition coefficient (Wildman–Crippen LogP) is 3.97. The van der Waals surface area contributed by atoms with E-state index in [0.717, 1.165) is 24.2 Å². The molecular formula is C23H23N3O3. The number of esters is 1. The molecule has 2 N–H and O–H groups in total. The van der Waals surface area contributed by atoms with Crippen molar-refractivity contribution in [2.45, 2.75) is 12.8 Å². The SMILES string of the molecule is COC(=O)c1ccc(Nc2ccc(C(=O)NCCCc3ccccc3)nc2)cc1. The Labute approximate surface area is 169 Å². The maximum Gasteiger partial charge on any atom is 0.337 e. The van der Waals surface area contributed by atoms with Crippen molar-refractivity contribution in [2.75, 3.05) is 19.0 Å². The highest BCUT2D eigenvalue weighted by Gasteiger charge is 2.07. The smallest absolute Gasteiger partial charge is 0.337 e. The molecule has 0 radical (unpaired) electrons. The first-order valence-electron chi connectivity index (χ1n) is 9.39. The summed E-state index contributed by atoms with van der Waals surface area (Å²) in [7, 11) is 1.35. The summed E-state index contributed by atoms with van der Waals surface area (Å²) in [6.45, 7) is 0.599. The van der Waals surface area contributed by atoms with Gasteiger partial charge in [0.05, 0.1) is 24.6 Å². The Morgan fingerprint density at radius 1 is 0.931 bits per heavy atom. The third kappa shape index (κ3) is 5.90. The Bertz CT molecular complexity index is 939. The number of hydrogen-bond acceptors (Lipinski definition) is 5. The maximum absolute atomic E-state index is 12.2. The zero-order valence-electron chi connectivity index (χ0n) is 16.2. The number of pyridine rings is 1. The number of nitrogens with zero attached hydrogens (tertiary/aromatic N) is 1. The van der Waals surface area contributed by atoms with Crippen LogP contribution in [0.25, 0.3) is 0 Å². The van der Waals surface area contributed by atoms with Crippen molar-refractivity contribution in [3.8, 4) is 0 Å². The largest absolute Gasteiger partial charge is 0.465 e. The first kappa shape index (κ1) is 20.1. The highest BCUT2D eigenvalue weighted by Crippen LogP contribution is 2.17. The van der Waals surface area contributed by atoms with Crippen molar-refractivity contribution < 1.29 is 14.3 Å². The Kier molecular flexibility index (Phi) is 6.95. The second-order valence-electron chi connectivity index (χ2n) is 6.47. The molecule has 0 fully saturated rings. The van der Waals surface area contributed by atoms with Crippen LogP contribution in [0.5, 0.6) is 0 Å². The van der Waals surface area contributed by atoms with Crippen molar-refractivity contribution in [3.05, 3.63) is 89.7 Å². The molecule has 0 unspecified atom stereocenters. The summed E-state index contributed by atoms with van der Waals surface area (Å²) in [5, 5.41) is 6.07. The van der Waals surface area contributed by atoms with Crippen molar-refractivity contribution in [1.82, 2.24) is 10.3 Å². The lowest BCUT2D eigenvalue weighted by atomic mass is 10.1. The molecule has 0 spiro atoms. The summed E-state index contributed by atoms with van der Waals surface area (Å²) >= 11 is 0. The van der Waals surface area contributed by atoms with E-state index in [4.69, 9.17) is 0 Å². The van der Waals surface area contributed by atoms with Crippen molar-refractivity contribution in [2.24, 2.45) is 0 Å². The molecule has 0 aliphatic rings. The quantitative estimate of drug-likeness (QED) is 0.450. The highest BCUT2D eigenvalue weighted by atomic mass is 16.5. The standard InChI is InChI=1S/C23H23N3O3/c1-29-23(28)18-9-11-19(12-10-18)26-20-13-14-21(25-16-20)22(27)24-15-5-8-17-6-3-2-4-7-17/h2-4,6-7,9-14,16,26H,5,8,15H2,1H3,(H,24,27). The number of nitrogens with one attached hydrogen (secondary N) is 2. The molecule has 0 atom stereocenters. The monoisotopic (exact) mass is 389 g/mol. The van der Waals surface area contributed by atoms with Gasteiger partial charge in [-0.25, -0.2) is 9.78 Å². The fraction of sp³-hybridized carbons (Fsp3) is 0.174. The van der Waals surface area contributed by atoms with Gasteiger partial charge >= 0.3 is 5.97 Å². The molecule has 0 aliphatic heterocycles. The third-order valence-corrected chi connectivity index (χ3v) is 4.36. The molecule has 6 heteroatoms. The number of ether oxygens (including phenoxy) is 1. The van der Waals surface area contributed by atoms with Gasteiger partial charge < -0.3 is 15.4 Å². The minimum atomic E-state index is -0.377. The average Bonchev–Trinajstić information content (AvgIpc) is 2.78. The zero-order chi connectivity index (χ0) is 20.5. The molecule has 1 heterocycles. The molecule has 3 rings (SSSR count). The van der Waals surface area contributed by atoms with Crippen LogP contribution in [0.3, 0.4) is 0 Å². The van der Waals surface area contributed by atoms with Gasteiger partial charge in [0.15, 0.2) is 0 Å². The zero-order valence-corrected chi connectivity index (χ0v) is 16.2. The number of carbonyl (C=O) groups excluding carboxylic acids is 2. The highest BCUT2D eigenvalue weighted by molar-refractivity contribution is 5.92. The van der Waals surface area contributed by atoms with Gasteiger partial charge in [-0.05, 0) is 54.8 Å². The summed E-state index contributed by atoms with van der Waals surface area (Å²) < 4.78 is 4.68. The Balaban J connectivity index is 1.47. The number of aromatic nitrogens is 1. The molecule has 0 aliphatic carbocycles. The predicted molar refractivity (Wildman–Crippen MR) is 112 cm³/mol. The van der Waals surface area contributed by atoms with Gasteiger partial charge in [-0.15, -0.1) is 0 Å². The van der Waals surface area contributed by atoms with E-state index in [0.29, 0.717) is 17.8 Å². The van der Waals surface area contributed by atoms with Crippen LogP contribution in [-0.4, -0.2) is 30.5 Å². The lowest BCUT2D eigenvalue weighted by molar-refractivity contribution is 0.0600. The normalized spacial score (nSPS) is 10.2. The first-order chi connectivity index (χ1) is 14.2. The van der Waals surface area contributed by atoms with Gasteiger partial charge in [0.2, 0.25) is 0 Å². The summed E-state index contributed by atoms with van der Waals surface area (Å²) in [5.74, 6) is -0.565. The van der Waals surface area contributed by atoms with E-state index in [2.05, 4.69) is 32.5 Å². The van der Waals surface area contributed by atoms with Crippen LogP contribution in [0.1, 0.15) is 32.8 Å². The number of aryl methyl sites for hydroxylation is 1. The van der Waals surface area contributed by atoms with E-state index in [1.54, 1.807) is 42.6 Å². The molecule has 0 saturated carbocycles. The van der Waals surface area contributed by atoms with E-state index >= 15 is 0 Å². The minimum Gasteiger partial charge on any atom is -0.465 e. The van der Waals surface area contributed by atoms with Crippen LogP contribution in [0, 0.1) is 0 Å². The summed E-state index contributed by atoms with van der Waals surface area (Å²) in [5.41, 5.74) is 3.66. The molecule has 0 bridgehead atoms. The molecule has 1 amide bonds. The van der Waals surface area contributed by atoms with Crippen LogP contribution in [0.2, 0.25) is 0 Å². The van der Waals surface area contributed by atoms with E-state index < -0.39 is 0 Å². The van der Waals surface area contributed by atoms with Crippen molar-refractivity contribution in [3.63, 3.8) is 0 Å². The van der Waals surface area contributed by atoms with Crippen LogP contribution in [0.15, 0.2) is 72.9 Å². The number of rotatable bonds is 8. The topological polar surface area (TPSA) is 80.3 Å². The minimum absolute atomic E-state index is 0.188. The van der Waals surface area contributed by atoms with Crippen LogP contribution >= 0.6 is 0 Å². The molecule has 3 aromatic rings. The number of methoxy groups -OCH3 is 1. The fourth-order valence-corrected chi connectivity index (χ4v) is 2.81.